The Kier molecular flexibility index (Phi) is 4.68. The van der Waals surface area contributed by atoms with Gasteiger partial charge in [-0.25, -0.2) is 9.37 Å². The predicted molar refractivity (Wildman–Crippen MR) is 74.2 cm³/mol. The molecule has 0 fully saturated rings. The van der Waals surface area contributed by atoms with Crippen LogP contribution in [-0.2, 0) is 13.1 Å². The summed E-state index contributed by atoms with van der Waals surface area (Å²) in [6, 6.07) is 6.78. The van der Waals surface area contributed by atoms with Crippen molar-refractivity contribution < 1.29 is 4.39 Å². The molecule has 0 aliphatic heterocycles. The zero-order valence-corrected chi connectivity index (χ0v) is 11.4. The molecule has 0 saturated heterocycles. The van der Waals surface area contributed by atoms with Gasteiger partial charge in [0.05, 0.1) is 6.54 Å². The molecule has 1 N–H and O–H groups in total. The van der Waals surface area contributed by atoms with Crippen molar-refractivity contribution in [3.8, 4) is 0 Å². The fraction of sp³-hybridized carbons (Fsp3) is 0.400. The minimum absolute atomic E-state index is 0.173. The number of hydrogen-bond donors (Lipinski definition) is 1. The minimum atomic E-state index is -0.200. The smallest absolute Gasteiger partial charge is 0.123 e. The van der Waals surface area contributed by atoms with Crippen LogP contribution >= 0.6 is 0 Å². The first-order valence-corrected chi connectivity index (χ1v) is 6.69. The Bertz CT molecular complexity index is 504. The number of halogens is 1. The van der Waals surface area contributed by atoms with E-state index < -0.39 is 0 Å². The van der Waals surface area contributed by atoms with Gasteiger partial charge in [0.15, 0.2) is 0 Å². The first-order valence-electron chi connectivity index (χ1n) is 6.69. The molecule has 1 aromatic carbocycles. The Hall–Kier alpha value is -1.68. The van der Waals surface area contributed by atoms with Gasteiger partial charge in [-0.15, -0.1) is 0 Å². The molecule has 1 aromatic heterocycles. The summed E-state index contributed by atoms with van der Waals surface area (Å²) in [7, 11) is 0. The second-order valence-corrected chi connectivity index (χ2v) is 4.69. The van der Waals surface area contributed by atoms with Crippen molar-refractivity contribution >= 4 is 0 Å². The normalized spacial score (nSPS) is 12.6. The van der Waals surface area contributed by atoms with E-state index in [0.29, 0.717) is 6.54 Å². The van der Waals surface area contributed by atoms with Crippen LogP contribution in [-0.4, -0.2) is 9.55 Å². The van der Waals surface area contributed by atoms with E-state index in [2.05, 4.69) is 28.7 Å². The van der Waals surface area contributed by atoms with Crippen molar-refractivity contribution in [2.45, 2.75) is 39.4 Å². The summed E-state index contributed by atoms with van der Waals surface area (Å²) < 4.78 is 15.0. The molecule has 3 nitrogen and oxygen atoms in total. The lowest BCUT2D eigenvalue weighted by Crippen LogP contribution is -2.20. The molecular formula is C15H20FN3. The molecule has 0 aliphatic carbocycles. The van der Waals surface area contributed by atoms with Crippen molar-refractivity contribution in [3.63, 3.8) is 0 Å². The summed E-state index contributed by atoms with van der Waals surface area (Å²) in [5.74, 6) is 0.838. The fourth-order valence-electron chi connectivity index (χ4n) is 2.07. The molecule has 0 spiro atoms. The number of hydrogen-bond acceptors (Lipinski definition) is 2. The van der Waals surface area contributed by atoms with Gasteiger partial charge in [0, 0.05) is 25.0 Å². The fourth-order valence-corrected chi connectivity index (χ4v) is 2.07. The second-order valence-electron chi connectivity index (χ2n) is 4.69. The SMILES string of the molecule is CCCn1ccnc1CN[C@@H](C)c1ccc(F)cc1. The Morgan fingerprint density at radius 1 is 1.32 bits per heavy atom. The maximum Gasteiger partial charge on any atom is 0.123 e. The Morgan fingerprint density at radius 3 is 2.74 bits per heavy atom. The van der Waals surface area contributed by atoms with Crippen molar-refractivity contribution in [1.29, 1.82) is 0 Å². The highest BCUT2D eigenvalue weighted by Gasteiger charge is 2.07. The van der Waals surface area contributed by atoms with Gasteiger partial charge in [-0.2, -0.15) is 0 Å². The van der Waals surface area contributed by atoms with Crippen LogP contribution in [0.15, 0.2) is 36.7 Å². The van der Waals surface area contributed by atoms with Gasteiger partial charge < -0.3 is 9.88 Å². The third kappa shape index (κ3) is 3.64. The number of nitrogens with one attached hydrogen (secondary N) is 1. The van der Waals surface area contributed by atoms with E-state index in [-0.39, 0.29) is 11.9 Å². The Morgan fingerprint density at radius 2 is 2.05 bits per heavy atom. The first-order chi connectivity index (χ1) is 9.20. The van der Waals surface area contributed by atoms with Crippen molar-refractivity contribution in [2.75, 3.05) is 0 Å². The molecule has 4 heteroatoms. The van der Waals surface area contributed by atoms with Gasteiger partial charge in [-0.05, 0) is 31.0 Å². The van der Waals surface area contributed by atoms with Crippen LogP contribution < -0.4 is 5.32 Å². The number of imidazole rings is 1. The van der Waals surface area contributed by atoms with Crippen LogP contribution in [0.3, 0.4) is 0 Å². The van der Waals surface area contributed by atoms with Gasteiger partial charge in [-0.3, -0.25) is 0 Å². The summed E-state index contributed by atoms with van der Waals surface area (Å²) >= 11 is 0. The van der Waals surface area contributed by atoms with Crippen LogP contribution in [0.2, 0.25) is 0 Å². The molecule has 0 unspecified atom stereocenters. The summed E-state index contributed by atoms with van der Waals surface area (Å²) in [4.78, 5) is 4.36. The summed E-state index contributed by atoms with van der Waals surface area (Å²) in [5, 5.41) is 3.41. The first kappa shape index (κ1) is 13.7. The molecule has 2 rings (SSSR count). The van der Waals surface area contributed by atoms with Crippen molar-refractivity contribution in [3.05, 3.63) is 53.9 Å². The van der Waals surface area contributed by atoms with E-state index in [1.165, 1.54) is 12.1 Å². The largest absolute Gasteiger partial charge is 0.334 e. The van der Waals surface area contributed by atoms with E-state index in [0.717, 1.165) is 24.4 Å². The third-order valence-electron chi connectivity index (χ3n) is 3.20. The summed E-state index contributed by atoms with van der Waals surface area (Å²) in [6.45, 7) is 5.92. The van der Waals surface area contributed by atoms with E-state index in [4.69, 9.17) is 0 Å². The Labute approximate surface area is 113 Å². The molecule has 0 radical (unpaired) electrons. The average Bonchev–Trinajstić information content (AvgIpc) is 2.85. The number of benzene rings is 1. The minimum Gasteiger partial charge on any atom is -0.334 e. The number of aryl methyl sites for hydroxylation is 1. The monoisotopic (exact) mass is 261 g/mol. The average molecular weight is 261 g/mol. The van der Waals surface area contributed by atoms with Crippen LogP contribution in [0.4, 0.5) is 4.39 Å². The van der Waals surface area contributed by atoms with E-state index in [1.54, 1.807) is 0 Å². The number of rotatable bonds is 6. The second kappa shape index (κ2) is 6.48. The standard InChI is InChI=1S/C15H20FN3/c1-3-9-19-10-8-17-15(19)11-18-12(2)13-4-6-14(16)7-5-13/h4-8,10,12,18H,3,9,11H2,1-2H3/t12-/m0/s1. The van der Waals surface area contributed by atoms with E-state index in [9.17, 15) is 4.39 Å². The molecule has 1 atom stereocenters. The molecule has 102 valence electrons. The molecule has 0 aliphatic rings. The third-order valence-corrected chi connectivity index (χ3v) is 3.20. The van der Waals surface area contributed by atoms with Crippen molar-refractivity contribution in [2.24, 2.45) is 0 Å². The topological polar surface area (TPSA) is 29.9 Å². The van der Waals surface area contributed by atoms with Gasteiger partial charge in [0.25, 0.3) is 0 Å². The van der Waals surface area contributed by atoms with Gasteiger partial charge >= 0.3 is 0 Å². The predicted octanol–water partition coefficient (Wildman–Crippen LogP) is 3.28. The van der Waals surface area contributed by atoms with Crippen LogP contribution in [0.25, 0.3) is 0 Å². The van der Waals surface area contributed by atoms with Gasteiger partial charge in [0.2, 0.25) is 0 Å². The molecular weight excluding hydrogens is 241 g/mol. The maximum absolute atomic E-state index is 12.9. The lowest BCUT2D eigenvalue weighted by molar-refractivity contribution is 0.531. The summed E-state index contributed by atoms with van der Waals surface area (Å²) in [6.07, 6.45) is 4.93. The zero-order valence-electron chi connectivity index (χ0n) is 11.4. The lowest BCUT2D eigenvalue weighted by atomic mass is 10.1. The highest BCUT2D eigenvalue weighted by Crippen LogP contribution is 2.13. The molecule has 0 bridgehead atoms. The lowest BCUT2D eigenvalue weighted by Gasteiger charge is -2.14. The van der Waals surface area contributed by atoms with E-state index in [1.807, 2.05) is 24.5 Å². The van der Waals surface area contributed by atoms with Crippen LogP contribution in [0.5, 0.6) is 0 Å². The van der Waals surface area contributed by atoms with Crippen molar-refractivity contribution in [1.82, 2.24) is 14.9 Å². The molecule has 0 saturated carbocycles. The van der Waals surface area contributed by atoms with Crippen LogP contribution in [0, 0.1) is 5.82 Å². The van der Waals surface area contributed by atoms with E-state index >= 15 is 0 Å². The van der Waals surface area contributed by atoms with Gasteiger partial charge in [0.1, 0.15) is 11.6 Å². The maximum atomic E-state index is 12.9. The molecule has 19 heavy (non-hydrogen) atoms. The molecule has 2 aromatic rings. The summed E-state index contributed by atoms with van der Waals surface area (Å²) in [5.41, 5.74) is 1.08. The molecule has 0 amide bonds. The molecule has 1 heterocycles. The van der Waals surface area contributed by atoms with Crippen LogP contribution in [0.1, 0.15) is 37.7 Å². The Balaban J connectivity index is 1.94. The number of aromatic nitrogens is 2. The highest BCUT2D eigenvalue weighted by atomic mass is 19.1. The quantitative estimate of drug-likeness (QED) is 0.864. The van der Waals surface area contributed by atoms with Gasteiger partial charge in [-0.1, -0.05) is 19.1 Å². The number of nitrogens with zero attached hydrogens (tertiary/aromatic N) is 2. The zero-order chi connectivity index (χ0) is 13.7. The highest BCUT2D eigenvalue weighted by molar-refractivity contribution is 5.19.